The Balaban J connectivity index is 1.36. The Morgan fingerprint density at radius 3 is 2.46 bits per heavy atom. The van der Waals surface area contributed by atoms with E-state index in [2.05, 4.69) is 24.7 Å². The SMILES string of the molecule is Fc1cnccc1CN1CCN(c2ccnc(N3CCCCC3)n2)CC1. The molecule has 0 saturated carbocycles. The lowest BCUT2D eigenvalue weighted by atomic mass is 10.1. The van der Waals surface area contributed by atoms with Gasteiger partial charge in [0.2, 0.25) is 5.95 Å². The predicted molar refractivity (Wildman–Crippen MR) is 99.8 cm³/mol. The van der Waals surface area contributed by atoms with Crippen molar-refractivity contribution in [1.82, 2.24) is 19.9 Å². The Kier molecular flexibility index (Phi) is 5.24. The fourth-order valence-corrected chi connectivity index (χ4v) is 3.67. The minimum absolute atomic E-state index is 0.225. The number of pyridine rings is 1. The van der Waals surface area contributed by atoms with Gasteiger partial charge in [-0.1, -0.05) is 0 Å². The van der Waals surface area contributed by atoms with E-state index in [9.17, 15) is 4.39 Å². The van der Waals surface area contributed by atoms with Crippen molar-refractivity contribution >= 4 is 11.8 Å². The molecule has 0 unspecified atom stereocenters. The van der Waals surface area contributed by atoms with Gasteiger partial charge in [-0.2, -0.15) is 4.98 Å². The Morgan fingerprint density at radius 1 is 0.885 bits per heavy atom. The summed E-state index contributed by atoms with van der Waals surface area (Å²) in [6.07, 6.45) is 8.54. The Hall–Kier alpha value is -2.28. The number of piperidine rings is 1. The normalized spacial score (nSPS) is 19.0. The van der Waals surface area contributed by atoms with Gasteiger partial charge in [-0.15, -0.1) is 0 Å². The highest BCUT2D eigenvalue weighted by atomic mass is 19.1. The topological polar surface area (TPSA) is 48.4 Å². The third-order valence-corrected chi connectivity index (χ3v) is 5.21. The molecule has 0 aliphatic carbocycles. The molecule has 7 heteroatoms. The Morgan fingerprint density at radius 2 is 1.69 bits per heavy atom. The third-order valence-electron chi connectivity index (χ3n) is 5.21. The second-order valence-corrected chi connectivity index (χ2v) is 6.99. The molecule has 0 amide bonds. The first kappa shape index (κ1) is 17.1. The summed E-state index contributed by atoms with van der Waals surface area (Å²) in [5.74, 6) is 1.62. The largest absolute Gasteiger partial charge is 0.354 e. The van der Waals surface area contributed by atoms with Gasteiger partial charge in [0.25, 0.3) is 0 Å². The molecule has 2 aliphatic heterocycles. The highest BCUT2D eigenvalue weighted by Gasteiger charge is 2.20. The highest BCUT2D eigenvalue weighted by molar-refractivity contribution is 5.44. The van der Waals surface area contributed by atoms with Gasteiger partial charge in [0.05, 0.1) is 6.20 Å². The van der Waals surface area contributed by atoms with Crippen LogP contribution >= 0.6 is 0 Å². The van der Waals surface area contributed by atoms with Gasteiger partial charge in [-0.05, 0) is 31.4 Å². The van der Waals surface area contributed by atoms with Gasteiger partial charge in [0.1, 0.15) is 11.6 Å². The first-order valence-corrected chi connectivity index (χ1v) is 9.43. The zero-order chi connectivity index (χ0) is 17.8. The first-order chi connectivity index (χ1) is 12.8. The van der Waals surface area contributed by atoms with Crippen molar-refractivity contribution in [2.24, 2.45) is 0 Å². The molecule has 0 N–H and O–H groups in total. The van der Waals surface area contributed by atoms with E-state index in [1.165, 1.54) is 25.5 Å². The number of anilines is 2. The summed E-state index contributed by atoms with van der Waals surface area (Å²) in [4.78, 5) is 19.9. The molecular weight excluding hydrogens is 331 g/mol. The number of rotatable bonds is 4. The van der Waals surface area contributed by atoms with Crippen molar-refractivity contribution in [3.05, 3.63) is 42.1 Å². The van der Waals surface area contributed by atoms with E-state index in [0.29, 0.717) is 12.1 Å². The Labute approximate surface area is 153 Å². The van der Waals surface area contributed by atoms with Gasteiger partial charge in [0.15, 0.2) is 0 Å². The van der Waals surface area contributed by atoms with Crippen LogP contribution in [-0.4, -0.2) is 59.1 Å². The van der Waals surface area contributed by atoms with E-state index >= 15 is 0 Å². The van der Waals surface area contributed by atoms with Gasteiger partial charge in [0, 0.05) is 63.8 Å². The van der Waals surface area contributed by atoms with Crippen molar-refractivity contribution in [3.63, 3.8) is 0 Å². The number of hydrogen-bond acceptors (Lipinski definition) is 6. The zero-order valence-electron chi connectivity index (χ0n) is 15.0. The first-order valence-electron chi connectivity index (χ1n) is 9.43. The molecule has 2 saturated heterocycles. The third kappa shape index (κ3) is 3.93. The van der Waals surface area contributed by atoms with Crippen molar-refractivity contribution in [2.45, 2.75) is 25.8 Å². The number of hydrogen-bond donors (Lipinski definition) is 0. The molecular formula is C19H25FN6. The van der Waals surface area contributed by atoms with E-state index in [1.807, 2.05) is 12.3 Å². The molecule has 6 nitrogen and oxygen atoms in total. The molecule has 4 rings (SSSR count). The number of nitrogens with zero attached hydrogens (tertiary/aromatic N) is 6. The predicted octanol–water partition coefficient (Wildman–Crippen LogP) is 2.32. The van der Waals surface area contributed by atoms with E-state index < -0.39 is 0 Å². The molecule has 0 bridgehead atoms. The average Bonchev–Trinajstić information content (AvgIpc) is 2.71. The van der Waals surface area contributed by atoms with Crippen LogP contribution < -0.4 is 9.80 Å². The van der Waals surface area contributed by atoms with Crippen molar-refractivity contribution in [3.8, 4) is 0 Å². The van der Waals surface area contributed by atoms with Crippen LogP contribution in [-0.2, 0) is 6.54 Å². The maximum absolute atomic E-state index is 13.8. The summed E-state index contributed by atoms with van der Waals surface area (Å²) in [5.41, 5.74) is 0.711. The molecule has 0 atom stereocenters. The number of aromatic nitrogens is 3. The second-order valence-electron chi connectivity index (χ2n) is 6.99. The molecule has 138 valence electrons. The molecule has 4 heterocycles. The molecule has 2 aliphatic rings. The summed E-state index contributed by atoms with van der Waals surface area (Å²) >= 11 is 0. The smallest absolute Gasteiger partial charge is 0.227 e. The lowest BCUT2D eigenvalue weighted by Crippen LogP contribution is -2.46. The minimum Gasteiger partial charge on any atom is -0.354 e. The molecule has 0 aromatic carbocycles. The fraction of sp³-hybridized carbons (Fsp3) is 0.526. The van der Waals surface area contributed by atoms with Gasteiger partial charge < -0.3 is 9.80 Å². The van der Waals surface area contributed by atoms with Crippen LogP contribution in [0.15, 0.2) is 30.7 Å². The van der Waals surface area contributed by atoms with Gasteiger partial charge in [-0.3, -0.25) is 9.88 Å². The highest BCUT2D eigenvalue weighted by Crippen LogP contribution is 2.20. The summed E-state index contributed by atoms with van der Waals surface area (Å²) in [7, 11) is 0. The van der Waals surface area contributed by atoms with Crippen LogP contribution in [0.25, 0.3) is 0 Å². The van der Waals surface area contributed by atoms with Crippen molar-refractivity contribution in [1.29, 1.82) is 0 Å². The van der Waals surface area contributed by atoms with Crippen molar-refractivity contribution in [2.75, 3.05) is 49.1 Å². The number of piperazine rings is 1. The van der Waals surface area contributed by atoms with E-state index in [-0.39, 0.29) is 5.82 Å². The van der Waals surface area contributed by atoms with E-state index in [1.54, 1.807) is 12.3 Å². The van der Waals surface area contributed by atoms with Crippen LogP contribution in [0.5, 0.6) is 0 Å². The van der Waals surface area contributed by atoms with Crippen LogP contribution in [0.4, 0.5) is 16.2 Å². The molecule has 0 radical (unpaired) electrons. The van der Waals surface area contributed by atoms with E-state index in [0.717, 1.165) is 51.0 Å². The van der Waals surface area contributed by atoms with Crippen molar-refractivity contribution < 1.29 is 4.39 Å². The maximum Gasteiger partial charge on any atom is 0.227 e. The summed E-state index contributed by atoms with van der Waals surface area (Å²) < 4.78 is 13.8. The second kappa shape index (κ2) is 7.95. The number of halogens is 1. The molecule has 2 aromatic rings. The molecule has 26 heavy (non-hydrogen) atoms. The maximum atomic E-state index is 13.8. The quantitative estimate of drug-likeness (QED) is 0.838. The van der Waals surface area contributed by atoms with Crippen LogP contribution in [0, 0.1) is 5.82 Å². The summed E-state index contributed by atoms with van der Waals surface area (Å²) in [6.45, 7) is 6.30. The zero-order valence-corrected chi connectivity index (χ0v) is 15.0. The van der Waals surface area contributed by atoms with Gasteiger partial charge >= 0.3 is 0 Å². The minimum atomic E-state index is -0.225. The fourth-order valence-electron chi connectivity index (χ4n) is 3.67. The molecule has 0 spiro atoms. The van der Waals surface area contributed by atoms with Crippen LogP contribution in [0.3, 0.4) is 0 Å². The Bertz CT molecular complexity index is 725. The van der Waals surface area contributed by atoms with Crippen LogP contribution in [0.2, 0.25) is 0 Å². The average molecular weight is 356 g/mol. The summed E-state index contributed by atoms with van der Waals surface area (Å²) in [6, 6.07) is 3.75. The standard InChI is InChI=1S/C19H25FN6/c20-17-14-21-6-4-16(17)15-24-10-12-25(13-11-24)18-5-7-22-19(23-18)26-8-2-1-3-9-26/h4-7,14H,1-3,8-13,15H2. The molecule has 2 fully saturated rings. The monoisotopic (exact) mass is 356 g/mol. The lowest BCUT2D eigenvalue weighted by molar-refractivity contribution is 0.246. The van der Waals surface area contributed by atoms with E-state index in [4.69, 9.17) is 4.98 Å². The molecule has 2 aromatic heterocycles. The lowest BCUT2D eigenvalue weighted by Gasteiger charge is -2.36. The van der Waals surface area contributed by atoms with Crippen LogP contribution in [0.1, 0.15) is 24.8 Å². The van der Waals surface area contributed by atoms with Gasteiger partial charge in [-0.25, -0.2) is 9.37 Å². The summed E-state index contributed by atoms with van der Waals surface area (Å²) in [5, 5.41) is 0.